The number of carbonyl (C=O) groups is 1. The lowest BCUT2D eigenvalue weighted by molar-refractivity contribution is -0.111. The smallest absolute Gasteiger partial charge is 0.248 e. The molecule has 0 atom stereocenters. The molecule has 0 saturated heterocycles. The highest BCUT2D eigenvalue weighted by atomic mass is 79.9. The van der Waals surface area contributed by atoms with Gasteiger partial charge < -0.3 is 9.88 Å². The number of nitrogens with zero attached hydrogens (tertiary/aromatic N) is 3. The fourth-order valence-electron chi connectivity index (χ4n) is 3.21. The molecule has 0 radical (unpaired) electrons. The number of anilines is 1. The van der Waals surface area contributed by atoms with Crippen LogP contribution in [0.25, 0.3) is 17.5 Å². The molecule has 3 aromatic rings. The van der Waals surface area contributed by atoms with E-state index in [1.165, 1.54) is 29.9 Å². The van der Waals surface area contributed by atoms with Crippen molar-refractivity contribution in [1.82, 2.24) is 14.8 Å². The maximum atomic E-state index is 14.3. The van der Waals surface area contributed by atoms with Crippen LogP contribution in [0.2, 0.25) is 0 Å². The second-order valence-electron chi connectivity index (χ2n) is 6.56. The van der Waals surface area contributed by atoms with Crippen LogP contribution in [0.15, 0.2) is 40.2 Å². The van der Waals surface area contributed by atoms with Crippen LogP contribution >= 0.6 is 27.3 Å². The largest absolute Gasteiger partial charge is 0.320 e. The van der Waals surface area contributed by atoms with Crippen molar-refractivity contribution >= 4 is 44.9 Å². The van der Waals surface area contributed by atoms with Crippen LogP contribution in [-0.4, -0.2) is 20.7 Å². The fourth-order valence-corrected chi connectivity index (χ4v) is 4.54. The summed E-state index contributed by atoms with van der Waals surface area (Å²) in [7, 11) is 0. The number of amides is 1. The molecular weight excluding hydrogens is 443 g/mol. The summed E-state index contributed by atoms with van der Waals surface area (Å²) in [6.07, 6.45) is 7.35. The van der Waals surface area contributed by atoms with Gasteiger partial charge in [0.2, 0.25) is 5.91 Å². The Labute approximate surface area is 174 Å². The zero-order valence-corrected chi connectivity index (χ0v) is 17.4. The van der Waals surface area contributed by atoms with Gasteiger partial charge in [-0.25, -0.2) is 4.39 Å². The number of benzene rings is 1. The number of nitrogens with one attached hydrogen (secondary N) is 1. The molecule has 1 N–H and O–H groups in total. The Morgan fingerprint density at radius 1 is 1.21 bits per heavy atom. The average molecular weight is 461 g/mol. The fraction of sp³-hybridized carbons (Fsp3) is 0.250. The first-order chi connectivity index (χ1) is 13.6. The second-order valence-corrected chi connectivity index (χ2v) is 9.06. The molecule has 4 rings (SSSR count). The predicted octanol–water partition coefficient (Wildman–Crippen LogP) is 5.29. The van der Waals surface area contributed by atoms with E-state index < -0.39 is 5.82 Å². The molecule has 0 spiro atoms. The normalized spacial score (nSPS) is 14.1. The van der Waals surface area contributed by atoms with E-state index in [1.807, 2.05) is 12.1 Å². The van der Waals surface area contributed by atoms with E-state index in [4.69, 9.17) is 0 Å². The number of halogens is 2. The number of fused-ring (bicyclic) bond motifs is 1. The summed E-state index contributed by atoms with van der Waals surface area (Å²) in [5.74, 6) is 0.805. The van der Waals surface area contributed by atoms with E-state index in [9.17, 15) is 9.18 Å². The molecule has 0 saturated carbocycles. The summed E-state index contributed by atoms with van der Waals surface area (Å²) in [6.45, 7) is 0.857. The van der Waals surface area contributed by atoms with Crippen molar-refractivity contribution in [3.8, 4) is 11.4 Å². The molecule has 0 bridgehead atoms. The molecule has 0 aliphatic carbocycles. The maximum absolute atomic E-state index is 14.3. The Kier molecular flexibility index (Phi) is 5.68. The number of carbonyl (C=O) groups excluding carboxylic acids is 1. The van der Waals surface area contributed by atoms with Crippen LogP contribution < -0.4 is 5.32 Å². The van der Waals surface area contributed by atoms with E-state index >= 15 is 0 Å². The lowest BCUT2D eigenvalue weighted by atomic mass is 10.1. The minimum absolute atomic E-state index is 0.130. The molecule has 2 aromatic heterocycles. The van der Waals surface area contributed by atoms with Crippen molar-refractivity contribution in [2.24, 2.45) is 0 Å². The summed E-state index contributed by atoms with van der Waals surface area (Å²) in [4.78, 5) is 13.1. The highest BCUT2D eigenvalue weighted by molar-refractivity contribution is 9.11. The third-order valence-corrected chi connectivity index (χ3v) is 6.17. The Morgan fingerprint density at radius 2 is 2.11 bits per heavy atom. The number of hydrogen-bond acceptors (Lipinski definition) is 4. The van der Waals surface area contributed by atoms with Crippen molar-refractivity contribution in [2.45, 2.75) is 32.2 Å². The van der Waals surface area contributed by atoms with Gasteiger partial charge in [0.15, 0.2) is 5.82 Å². The van der Waals surface area contributed by atoms with Crippen molar-refractivity contribution in [1.29, 1.82) is 0 Å². The number of thiophene rings is 1. The van der Waals surface area contributed by atoms with Gasteiger partial charge in [-0.1, -0.05) is 6.42 Å². The minimum Gasteiger partial charge on any atom is -0.320 e. The number of hydrogen-bond donors (Lipinski definition) is 1. The third-order valence-electron chi connectivity index (χ3n) is 4.58. The monoisotopic (exact) mass is 460 g/mol. The third kappa shape index (κ3) is 4.23. The van der Waals surface area contributed by atoms with E-state index in [0.717, 1.165) is 45.9 Å². The molecule has 1 amide bonds. The Bertz CT molecular complexity index is 1040. The van der Waals surface area contributed by atoms with Gasteiger partial charge in [-0.2, -0.15) is 0 Å². The molecule has 0 unspecified atom stereocenters. The number of aromatic nitrogens is 3. The SMILES string of the molecule is O=C(/C=C/c1ccc(Br)s1)Nc1cc(-c2nnc3n2CCCCC3)ccc1F. The molecule has 1 aliphatic heterocycles. The molecular formula is C20H18BrFN4OS. The molecule has 0 fully saturated rings. The highest BCUT2D eigenvalue weighted by Crippen LogP contribution is 2.27. The van der Waals surface area contributed by atoms with Gasteiger partial charge in [0.25, 0.3) is 0 Å². The molecule has 5 nitrogen and oxygen atoms in total. The molecule has 8 heteroatoms. The van der Waals surface area contributed by atoms with Crippen LogP contribution in [0.5, 0.6) is 0 Å². The molecule has 3 heterocycles. The lowest BCUT2D eigenvalue weighted by Gasteiger charge is -2.09. The van der Waals surface area contributed by atoms with Crippen LogP contribution in [0, 0.1) is 5.82 Å². The predicted molar refractivity (Wildman–Crippen MR) is 113 cm³/mol. The van der Waals surface area contributed by atoms with Gasteiger partial charge >= 0.3 is 0 Å². The standard InChI is InChI=1S/C20H18BrFN4OS/c21-17-9-6-14(28-17)7-10-19(27)23-16-12-13(5-8-15(16)22)20-25-24-18-4-2-1-3-11-26(18)20/h5-10,12H,1-4,11H2,(H,23,27)/b10-7+. The quantitative estimate of drug-likeness (QED) is 0.538. The van der Waals surface area contributed by atoms with Gasteiger partial charge in [0, 0.05) is 29.5 Å². The van der Waals surface area contributed by atoms with Gasteiger partial charge in [-0.05, 0) is 65.2 Å². The minimum atomic E-state index is -0.486. The molecule has 28 heavy (non-hydrogen) atoms. The summed E-state index contributed by atoms with van der Waals surface area (Å²) in [5, 5.41) is 11.2. The van der Waals surface area contributed by atoms with Crippen LogP contribution in [0.1, 0.15) is 30.0 Å². The summed E-state index contributed by atoms with van der Waals surface area (Å²) in [6, 6.07) is 8.45. The van der Waals surface area contributed by atoms with E-state index in [0.29, 0.717) is 5.82 Å². The first-order valence-corrected chi connectivity index (χ1v) is 10.7. The van der Waals surface area contributed by atoms with Gasteiger partial charge in [-0.15, -0.1) is 21.5 Å². The molecule has 1 aromatic carbocycles. The lowest BCUT2D eigenvalue weighted by Crippen LogP contribution is -2.10. The highest BCUT2D eigenvalue weighted by Gasteiger charge is 2.17. The van der Waals surface area contributed by atoms with Crippen molar-refractivity contribution in [3.05, 3.63) is 56.7 Å². The number of aryl methyl sites for hydroxylation is 1. The van der Waals surface area contributed by atoms with Crippen molar-refractivity contribution in [3.63, 3.8) is 0 Å². The zero-order valence-electron chi connectivity index (χ0n) is 15.0. The van der Waals surface area contributed by atoms with Gasteiger partial charge in [0.05, 0.1) is 9.47 Å². The van der Waals surface area contributed by atoms with E-state index in [-0.39, 0.29) is 11.6 Å². The van der Waals surface area contributed by atoms with E-state index in [2.05, 4.69) is 36.0 Å². The topological polar surface area (TPSA) is 59.8 Å². The Morgan fingerprint density at radius 3 is 2.93 bits per heavy atom. The molecule has 144 valence electrons. The molecule has 1 aliphatic rings. The van der Waals surface area contributed by atoms with Crippen LogP contribution in [0.3, 0.4) is 0 Å². The Hall–Kier alpha value is -2.32. The van der Waals surface area contributed by atoms with Crippen LogP contribution in [-0.2, 0) is 17.8 Å². The summed E-state index contributed by atoms with van der Waals surface area (Å²) in [5.41, 5.74) is 0.869. The van der Waals surface area contributed by atoms with Crippen LogP contribution in [0.4, 0.5) is 10.1 Å². The first kappa shape index (κ1) is 19.0. The van der Waals surface area contributed by atoms with Gasteiger partial charge in [-0.3, -0.25) is 4.79 Å². The van der Waals surface area contributed by atoms with Crippen molar-refractivity contribution in [2.75, 3.05) is 5.32 Å². The van der Waals surface area contributed by atoms with Gasteiger partial charge in [0.1, 0.15) is 11.6 Å². The maximum Gasteiger partial charge on any atom is 0.248 e. The first-order valence-electron chi connectivity index (χ1n) is 9.06. The summed E-state index contributed by atoms with van der Waals surface area (Å²) >= 11 is 4.89. The Balaban J connectivity index is 1.55. The average Bonchev–Trinajstić information content (AvgIpc) is 3.21. The van der Waals surface area contributed by atoms with E-state index in [1.54, 1.807) is 18.2 Å². The zero-order chi connectivity index (χ0) is 19.5. The number of rotatable bonds is 4. The van der Waals surface area contributed by atoms with Crippen molar-refractivity contribution < 1.29 is 9.18 Å². The second kappa shape index (κ2) is 8.36. The summed E-state index contributed by atoms with van der Waals surface area (Å²) < 4.78 is 17.3.